The van der Waals surface area contributed by atoms with Crippen LogP contribution in [0, 0.1) is 11.8 Å². The van der Waals surface area contributed by atoms with E-state index in [9.17, 15) is 4.79 Å². The van der Waals surface area contributed by atoms with E-state index in [0.29, 0.717) is 13.2 Å². The van der Waals surface area contributed by atoms with Crippen molar-refractivity contribution in [3.8, 4) is 0 Å². The molecule has 70 valence electrons. The second kappa shape index (κ2) is 4.42. The molecule has 1 aliphatic heterocycles. The largest absolute Gasteiger partial charge is 0.469 e. The molecule has 0 saturated carbocycles. The van der Waals surface area contributed by atoms with E-state index in [1.165, 1.54) is 7.11 Å². The third-order valence-corrected chi connectivity index (χ3v) is 2.29. The van der Waals surface area contributed by atoms with Crippen LogP contribution in [0.15, 0.2) is 0 Å². The van der Waals surface area contributed by atoms with Crippen molar-refractivity contribution in [2.24, 2.45) is 17.6 Å². The first-order chi connectivity index (χ1) is 5.79. The van der Waals surface area contributed by atoms with Crippen molar-refractivity contribution >= 4 is 5.97 Å². The molecule has 4 heteroatoms. The standard InChI is InChI=1S/C8H15NO3/c1-11-8(10)7(4-9)6-2-3-12-5-6/h6-7H,2-5,9H2,1H3. The fraction of sp³-hybridized carbons (Fsp3) is 0.875. The lowest BCUT2D eigenvalue weighted by Gasteiger charge is -2.17. The minimum absolute atomic E-state index is 0.183. The molecule has 1 aliphatic rings. The number of methoxy groups -OCH3 is 1. The van der Waals surface area contributed by atoms with Gasteiger partial charge in [0.25, 0.3) is 0 Å². The van der Waals surface area contributed by atoms with E-state index >= 15 is 0 Å². The molecule has 0 radical (unpaired) electrons. The van der Waals surface area contributed by atoms with Crippen molar-refractivity contribution in [2.45, 2.75) is 6.42 Å². The lowest BCUT2D eigenvalue weighted by atomic mass is 9.92. The van der Waals surface area contributed by atoms with Crippen LogP contribution in [0.5, 0.6) is 0 Å². The van der Waals surface area contributed by atoms with Gasteiger partial charge in [-0.15, -0.1) is 0 Å². The maximum absolute atomic E-state index is 11.2. The number of carbonyl (C=O) groups excluding carboxylic acids is 1. The minimum Gasteiger partial charge on any atom is -0.469 e. The van der Waals surface area contributed by atoms with Gasteiger partial charge in [-0.25, -0.2) is 0 Å². The van der Waals surface area contributed by atoms with Gasteiger partial charge in [-0.05, 0) is 12.3 Å². The van der Waals surface area contributed by atoms with Gasteiger partial charge in [0.1, 0.15) is 0 Å². The Hall–Kier alpha value is -0.610. The molecule has 0 aromatic heterocycles. The van der Waals surface area contributed by atoms with Gasteiger partial charge in [0.2, 0.25) is 0 Å². The fourth-order valence-electron chi connectivity index (χ4n) is 1.50. The lowest BCUT2D eigenvalue weighted by Crippen LogP contribution is -2.32. The zero-order chi connectivity index (χ0) is 8.97. The maximum atomic E-state index is 11.2. The van der Waals surface area contributed by atoms with Crippen molar-refractivity contribution in [1.82, 2.24) is 0 Å². The molecule has 2 N–H and O–H groups in total. The zero-order valence-electron chi connectivity index (χ0n) is 7.29. The van der Waals surface area contributed by atoms with E-state index in [-0.39, 0.29) is 17.8 Å². The van der Waals surface area contributed by atoms with E-state index in [2.05, 4.69) is 4.74 Å². The highest BCUT2D eigenvalue weighted by Gasteiger charge is 2.30. The van der Waals surface area contributed by atoms with Gasteiger partial charge in [-0.2, -0.15) is 0 Å². The van der Waals surface area contributed by atoms with Crippen molar-refractivity contribution in [1.29, 1.82) is 0 Å². The van der Waals surface area contributed by atoms with E-state index < -0.39 is 0 Å². The summed E-state index contributed by atoms with van der Waals surface area (Å²) >= 11 is 0. The Kier molecular flexibility index (Phi) is 3.49. The molecule has 0 amide bonds. The highest BCUT2D eigenvalue weighted by molar-refractivity contribution is 5.72. The molecule has 0 spiro atoms. The predicted molar refractivity (Wildman–Crippen MR) is 43.5 cm³/mol. The summed E-state index contributed by atoms with van der Waals surface area (Å²) in [7, 11) is 1.39. The summed E-state index contributed by atoms with van der Waals surface area (Å²) in [5, 5.41) is 0. The van der Waals surface area contributed by atoms with Crippen LogP contribution in [-0.2, 0) is 14.3 Å². The number of esters is 1. The normalized spacial score (nSPS) is 25.3. The molecule has 0 aromatic rings. The predicted octanol–water partition coefficient (Wildman–Crippen LogP) is -0.229. The van der Waals surface area contributed by atoms with Crippen LogP contribution in [0.4, 0.5) is 0 Å². The second-order valence-electron chi connectivity index (χ2n) is 2.99. The average molecular weight is 173 g/mol. The van der Waals surface area contributed by atoms with Crippen molar-refractivity contribution in [3.05, 3.63) is 0 Å². The van der Waals surface area contributed by atoms with Gasteiger partial charge < -0.3 is 15.2 Å². The molecular weight excluding hydrogens is 158 g/mol. The van der Waals surface area contributed by atoms with Crippen LogP contribution in [0.1, 0.15) is 6.42 Å². The molecule has 0 aliphatic carbocycles. The molecule has 12 heavy (non-hydrogen) atoms. The average Bonchev–Trinajstić information content (AvgIpc) is 2.58. The number of hydrogen-bond donors (Lipinski definition) is 1. The summed E-state index contributed by atoms with van der Waals surface area (Å²) in [6.07, 6.45) is 0.914. The number of nitrogens with two attached hydrogens (primary N) is 1. The number of ether oxygens (including phenoxy) is 2. The Labute approximate surface area is 72.0 Å². The van der Waals surface area contributed by atoms with Gasteiger partial charge in [-0.3, -0.25) is 4.79 Å². The minimum atomic E-state index is -0.215. The van der Waals surface area contributed by atoms with E-state index in [4.69, 9.17) is 10.5 Å². The first-order valence-corrected chi connectivity index (χ1v) is 4.15. The van der Waals surface area contributed by atoms with E-state index in [1.54, 1.807) is 0 Å². The summed E-state index contributed by atoms with van der Waals surface area (Å²) in [5.74, 6) is -0.145. The molecule has 2 atom stereocenters. The summed E-state index contributed by atoms with van der Waals surface area (Å²) < 4.78 is 9.81. The maximum Gasteiger partial charge on any atom is 0.310 e. The zero-order valence-corrected chi connectivity index (χ0v) is 7.29. The van der Waals surface area contributed by atoms with Crippen molar-refractivity contribution < 1.29 is 14.3 Å². The van der Waals surface area contributed by atoms with Gasteiger partial charge in [0.05, 0.1) is 19.6 Å². The number of hydrogen-bond acceptors (Lipinski definition) is 4. The third-order valence-electron chi connectivity index (χ3n) is 2.29. The first-order valence-electron chi connectivity index (χ1n) is 4.15. The van der Waals surface area contributed by atoms with E-state index in [1.807, 2.05) is 0 Å². The smallest absolute Gasteiger partial charge is 0.310 e. The Morgan fingerprint density at radius 3 is 3.00 bits per heavy atom. The molecule has 1 heterocycles. The van der Waals surface area contributed by atoms with Crippen LogP contribution in [-0.4, -0.2) is 32.8 Å². The first kappa shape index (κ1) is 9.48. The third kappa shape index (κ3) is 1.95. The Bertz CT molecular complexity index is 154. The molecule has 1 fully saturated rings. The summed E-state index contributed by atoms with van der Waals surface area (Å²) in [6, 6.07) is 0. The fourth-order valence-corrected chi connectivity index (χ4v) is 1.50. The molecule has 0 bridgehead atoms. The molecule has 4 nitrogen and oxygen atoms in total. The Morgan fingerprint density at radius 1 is 1.83 bits per heavy atom. The van der Waals surface area contributed by atoms with Gasteiger partial charge in [-0.1, -0.05) is 0 Å². The van der Waals surface area contributed by atoms with Crippen LogP contribution in [0.2, 0.25) is 0 Å². The monoisotopic (exact) mass is 173 g/mol. The summed E-state index contributed by atoms with van der Waals surface area (Å²) in [4.78, 5) is 11.2. The molecular formula is C8H15NO3. The van der Waals surface area contributed by atoms with Crippen molar-refractivity contribution in [2.75, 3.05) is 26.9 Å². The summed E-state index contributed by atoms with van der Waals surface area (Å²) in [6.45, 7) is 1.72. The SMILES string of the molecule is COC(=O)C(CN)C1CCOC1. The van der Waals surface area contributed by atoms with Gasteiger partial charge in [0, 0.05) is 13.2 Å². The quantitative estimate of drug-likeness (QED) is 0.599. The highest BCUT2D eigenvalue weighted by Crippen LogP contribution is 2.22. The number of carbonyl (C=O) groups is 1. The van der Waals surface area contributed by atoms with Crippen LogP contribution in [0.25, 0.3) is 0 Å². The van der Waals surface area contributed by atoms with E-state index in [0.717, 1.165) is 13.0 Å². The number of rotatable bonds is 3. The highest BCUT2D eigenvalue weighted by atomic mass is 16.5. The topological polar surface area (TPSA) is 61.5 Å². The summed E-state index contributed by atoms with van der Waals surface area (Å²) in [5.41, 5.74) is 5.47. The van der Waals surface area contributed by atoms with Gasteiger partial charge in [0.15, 0.2) is 0 Å². The second-order valence-corrected chi connectivity index (χ2v) is 2.99. The molecule has 1 saturated heterocycles. The lowest BCUT2D eigenvalue weighted by molar-refractivity contribution is -0.147. The van der Waals surface area contributed by atoms with Crippen LogP contribution >= 0.6 is 0 Å². The Balaban J connectivity index is 2.48. The molecule has 0 aromatic carbocycles. The van der Waals surface area contributed by atoms with Crippen molar-refractivity contribution in [3.63, 3.8) is 0 Å². The Morgan fingerprint density at radius 2 is 2.58 bits per heavy atom. The van der Waals surface area contributed by atoms with Gasteiger partial charge >= 0.3 is 5.97 Å². The van der Waals surface area contributed by atoms with Crippen LogP contribution < -0.4 is 5.73 Å². The molecule has 1 rings (SSSR count). The van der Waals surface area contributed by atoms with Crippen LogP contribution in [0.3, 0.4) is 0 Å². The molecule has 2 unspecified atom stereocenters.